The number of nitrogens with one attached hydrogen (secondary N) is 1. The summed E-state index contributed by atoms with van der Waals surface area (Å²) in [6.07, 6.45) is 3.24. The summed E-state index contributed by atoms with van der Waals surface area (Å²) in [5.41, 5.74) is 4.32. The summed E-state index contributed by atoms with van der Waals surface area (Å²) >= 11 is 1.34. The zero-order valence-electron chi connectivity index (χ0n) is 10.3. The molecule has 0 saturated carbocycles. The zero-order chi connectivity index (χ0) is 13.2. The summed E-state index contributed by atoms with van der Waals surface area (Å²) in [5, 5.41) is 13.1. The third-order valence-electron chi connectivity index (χ3n) is 3.44. The average Bonchev–Trinajstić information content (AvgIpc) is 2.87. The van der Waals surface area contributed by atoms with Crippen molar-refractivity contribution in [3.63, 3.8) is 0 Å². The smallest absolute Gasteiger partial charge is 0.357 e. The van der Waals surface area contributed by atoms with E-state index in [-0.39, 0.29) is 11.7 Å². The Labute approximate surface area is 115 Å². The fraction of sp³-hybridized carbons (Fsp3) is 0.286. The van der Waals surface area contributed by atoms with Crippen molar-refractivity contribution in [2.75, 3.05) is 5.32 Å². The number of anilines is 1. The van der Waals surface area contributed by atoms with Crippen molar-refractivity contribution in [2.24, 2.45) is 0 Å². The summed E-state index contributed by atoms with van der Waals surface area (Å²) in [5.74, 6) is -0.979. The minimum absolute atomic E-state index is 0.119. The van der Waals surface area contributed by atoms with E-state index in [2.05, 4.69) is 28.5 Å². The third kappa shape index (κ3) is 2.33. The molecule has 1 aromatic heterocycles. The lowest BCUT2D eigenvalue weighted by atomic mass is 9.88. The molecule has 2 N–H and O–H groups in total. The average molecular weight is 274 g/mol. The molecule has 1 aliphatic rings. The maximum Gasteiger partial charge on any atom is 0.357 e. The second-order valence-corrected chi connectivity index (χ2v) is 5.48. The lowest BCUT2D eigenvalue weighted by Gasteiger charge is -2.26. The van der Waals surface area contributed by atoms with Crippen LogP contribution in [0.2, 0.25) is 0 Å². The van der Waals surface area contributed by atoms with Gasteiger partial charge in [0, 0.05) is 0 Å². The van der Waals surface area contributed by atoms with Crippen LogP contribution in [-0.4, -0.2) is 16.1 Å². The van der Waals surface area contributed by atoms with Gasteiger partial charge in [0.05, 0.1) is 11.6 Å². The van der Waals surface area contributed by atoms with Crippen LogP contribution in [0, 0.1) is 0 Å². The van der Waals surface area contributed by atoms with Gasteiger partial charge >= 0.3 is 5.97 Å². The largest absolute Gasteiger partial charge is 0.476 e. The van der Waals surface area contributed by atoms with Gasteiger partial charge in [-0.2, -0.15) is 0 Å². The van der Waals surface area contributed by atoms with Crippen molar-refractivity contribution in [1.82, 2.24) is 4.98 Å². The van der Waals surface area contributed by atoms with Gasteiger partial charge in [0.25, 0.3) is 0 Å². The summed E-state index contributed by atoms with van der Waals surface area (Å²) in [6.45, 7) is 0. The van der Waals surface area contributed by atoms with Crippen LogP contribution in [0.3, 0.4) is 0 Å². The van der Waals surface area contributed by atoms with Crippen molar-refractivity contribution in [1.29, 1.82) is 0 Å². The molecular formula is C14H14N2O2S. The van der Waals surface area contributed by atoms with E-state index in [1.165, 1.54) is 22.5 Å². The monoisotopic (exact) mass is 274 g/mol. The molecule has 1 aromatic carbocycles. The van der Waals surface area contributed by atoms with Gasteiger partial charge in [-0.1, -0.05) is 24.3 Å². The third-order valence-corrected chi connectivity index (χ3v) is 4.20. The Morgan fingerprint density at radius 3 is 3.11 bits per heavy atom. The summed E-state index contributed by atoms with van der Waals surface area (Å²) in [6, 6.07) is 8.53. The lowest BCUT2D eigenvalue weighted by molar-refractivity contribution is 0.0692. The van der Waals surface area contributed by atoms with Gasteiger partial charge in [0.1, 0.15) is 5.00 Å². The Kier molecular flexibility index (Phi) is 3.21. The maximum atomic E-state index is 11.1. The molecule has 1 atom stereocenters. The fourth-order valence-electron chi connectivity index (χ4n) is 2.56. The zero-order valence-corrected chi connectivity index (χ0v) is 11.1. The standard InChI is InChI=1S/C14H14N2O2S/c17-14(18)12-13(19-8-15-12)16-11-7-3-5-9-4-1-2-6-10(9)11/h1-2,4,6,8,11,16H,3,5,7H2,(H,17,18). The summed E-state index contributed by atoms with van der Waals surface area (Å²) < 4.78 is 0. The molecule has 1 heterocycles. The molecule has 1 aliphatic carbocycles. The first-order valence-electron chi connectivity index (χ1n) is 6.27. The van der Waals surface area contributed by atoms with Crippen LogP contribution in [0.1, 0.15) is 40.5 Å². The van der Waals surface area contributed by atoms with Gasteiger partial charge < -0.3 is 10.4 Å². The molecule has 0 aliphatic heterocycles. The van der Waals surface area contributed by atoms with E-state index in [4.69, 9.17) is 5.11 Å². The first-order chi connectivity index (χ1) is 9.25. The van der Waals surface area contributed by atoms with Crippen molar-refractivity contribution in [3.05, 3.63) is 46.6 Å². The van der Waals surface area contributed by atoms with Crippen molar-refractivity contribution in [3.8, 4) is 0 Å². The van der Waals surface area contributed by atoms with E-state index in [9.17, 15) is 4.79 Å². The number of hydrogen-bond donors (Lipinski definition) is 2. The second-order valence-electron chi connectivity index (χ2n) is 4.62. The van der Waals surface area contributed by atoms with Gasteiger partial charge in [-0.3, -0.25) is 0 Å². The number of thiazole rings is 1. The molecule has 5 heteroatoms. The second kappa shape index (κ2) is 5.01. The van der Waals surface area contributed by atoms with Crippen LogP contribution in [0.5, 0.6) is 0 Å². The lowest BCUT2D eigenvalue weighted by Crippen LogP contribution is -2.18. The van der Waals surface area contributed by atoms with Crippen molar-refractivity contribution in [2.45, 2.75) is 25.3 Å². The molecule has 0 bridgehead atoms. The van der Waals surface area contributed by atoms with Crippen LogP contribution in [-0.2, 0) is 6.42 Å². The highest BCUT2D eigenvalue weighted by Gasteiger charge is 2.22. The molecule has 0 spiro atoms. The van der Waals surface area contributed by atoms with E-state index in [0.29, 0.717) is 5.00 Å². The Balaban J connectivity index is 1.89. The summed E-state index contributed by atoms with van der Waals surface area (Å²) in [4.78, 5) is 15.0. The number of aryl methyl sites for hydroxylation is 1. The van der Waals surface area contributed by atoms with Crippen LogP contribution in [0.4, 0.5) is 5.00 Å². The number of carbonyl (C=O) groups is 1. The number of hydrogen-bond acceptors (Lipinski definition) is 4. The van der Waals surface area contributed by atoms with Crippen molar-refractivity contribution < 1.29 is 9.90 Å². The predicted molar refractivity (Wildman–Crippen MR) is 74.8 cm³/mol. The molecule has 0 saturated heterocycles. The van der Waals surface area contributed by atoms with Gasteiger partial charge in [-0.25, -0.2) is 9.78 Å². The molecule has 1 unspecified atom stereocenters. The Hall–Kier alpha value is -1.88. The highest BCUT2D eigenvalue weighted by atomic mass is 32.1. The van der Waals surface area contributed by atoms with Crippen LogP contribution < -0.4 is 5.32 Å². The Morgan fingerprint density at radius 2 is 2.26 bits per heavy atom. The molecule has 4 nitrogen and oxygen atoms in total. The summed E-state index contributed by atoms with van der Waals surface area (Å²) in [7, 11) is 0. The van der Waals surface area contributed by atoms with E-state index < -0.39 is 5.97 Å². The molecule has 0 amide bonds. The molecule has 19 heavy (non-hydrogen) atoms. The minimum Gasteiger partial charge on any atom is -0.476 e. The molecule has 98 valence electrons. The minimum atomic E-state index is -0.979. The fourth-order valence-corrected chi connectivity index (χ4v) is 3.29. The highest BCUT2D eigenvalue weighted by Crippen LogP contribution is 2.34. The predicted octanol–water partition coefficient (Wildman–Crippen LogP) is 3.33. The SMILES string of the molecule is O=C(O)c1ncsc1NC1CCCc2ccccc21. The first-order valence-corrected chi connectivity index (χ1v) is 7.15. The number of carboxylic acids is 1. The first kappa shape index (κ1) is 12.2. The molecule has 3 rings (SSSR count). The van der Waals surface area contributed by atoms with Gasteiger partial charge in [0.15, 0.2) is 5.69 Å². The van der Waals surface area contributed by atoms with Crippen molar-refractivity contribution >= 4 is 22.3 Å². The molecule has 0 radical (unpaired) electrons. The van der Waals surface area contributed by atoms with Gasteiger partial charge in [-0.15, -0.1) is 11.3 Å². The topological polar surface area (TPSA) is 62.2 Å². The number of rotatable bonds is 3. The number of nitrogens with zero attached hydrogens (tertiary/aromatic N) is 1. The van der Waals surface area contributed by atoms with Gasteiger partial charge in [-0.05, 0) is 30.4 Å². The van der Waals surface area contributed by atoms with Crippen LogP contribution in [0.15, 0.2) is 29.8 Å². The van der Waals surface area contributed by atoms with E-state index >= 15 is 0 Å². The number of aromatic nitrogens is 1. The van der Waals surface area contributed by atoms with E-state index in [1.54, 1.807) is 5.51 Å². The van der Waals surface area contributed by atoms with Gasteiger partial charge in [0.2, 0.25) is 0 Å². The van der Waals surface area contributed by atoms with Crippen LogP contribution in [0.25, 0.3) is 0 Å². The number of benzene rings is 1. The van der Waals surface area contributed by atoms with E-state index in [0.717, 1.165) is 19.3 Å². The number of aromatic carboxylic acids is 1. The highest BCUT2D eigenvalue weighted by molar-refractivity contribution is 7.14. The molecular weight excluding hydrogens is 260 g/mol. The quantitative estimate of drug-likeness (QED) is 0.901. The number of carboxylic acid groups (broad SMARTS) is 1. The normalized spacial score (nSPS) is 17.8. The molecule has 0 fully saturated rings. The Bertz CT molecular complexity index is 609. The Morgan fingerprint density at radius 1 is 1.42 bits per heavy atom. The van der Waals surface area contributed by atoms with E-state index in [1.807, 2.05) is 6.07 Å². The maximum absolute atomic E-state index is 11.1. The molecule has 2 aromatic rings. The van der Waals surface area contributed by atoms with Crippen LogP contribution >= 0.6 is 11.3 Å². The number of fused-ring (bicyclic) bond motifs is 1.